The lowest BCUT2D eigenvalue weighted by atomic mass is 10.2. The molecule has 1 amide bonds. The van der Waals surface area contributed by atoms with E-state index in [0.717, 1.165) is 11.3 Å². The van der Waals surface area contributed by atoms with E-state index >= 15 is 0 Å². The van der Waals surface area contributed by atoms with E-state index in [1.54, 1.807) is 11.0 Å². The number of aromatic nitrogens is 4. The molecule has 0 aliphatic heterocycles. The molecule has 0 radical (unpaired) electrons. The van der Waals surface area contributed by atoms with Crippen LogP contribution >= 0.6 is 0 Å². The molecule has 0 unspecified atom stereocenters. The predicted octanol–water partition coefficient (Wildman–Crippen LogP) is 2.56. The Labute approximate surface area is 140 Å². The van der Waals surface area contributed by atoms with Crippen LogP contribution in [0.1, 0.15) is 0 Å². The highest BCUT2D eigenvalue weighted by molar-refractivity contribution is 5.93. The van der Waals surface area contributed by atoms with Crippen LogP contribution in [0.2, 0.25) is 0 Å². The van der Waals surface area contributed by atoms with Crippen molar-refractivity contribution in [3.05, 3.63) is 73.3 Å². The number of carbonyl (C=O) groups excluding carboxylic acids is 1. The van der Waals surface area contributed by atoms with Crippen molar-refractivity contribution < 1.29 is 4.79 Å². The van der Waals surface area contributed by atoms with E-state index in [-0.39, 0.29) is 12.5 Å². The first-order chi connectivity index (χ1) is 11.8. The Morgan fingerprint density at radius 2 is 1.75 bits per heavy atom. The molecule has 0 bridgehead atoms. The van der Waals surface area contributed by atoms with E-state index in [0.29, 0.717) is 12.4 Å². The second-order valence-electron chi connectivity index (χ2n) is 5.14. The maximum Gasteiger partial charge on any atom is 0.250 e. The first-order valence-electron chi connectivity index (χ1n) is 7.57. The number of nitrogens with zero attached hydrogens (tertiary/aromatic N) is 5. The maximum absolute atomic E-state index is 12.6. The molecule has 0 N–H and O–H groups in total. The van der Waals surface area contributed by atoms with Gasteiger partial charge in [0.05, 0.1) is 0 Å². The number of benzene rings is 2. The lowest BCUT2D eigenvalue weighted by molar-refractivity contribution is -0.119. The van der Waals surface area contributed by atoms with Gasteiger partial charge in [0.2, 0.25) is 5.82 Å². The molecule has 0 saturated carbocycles. The molecule has 0 aliphatic rings. The standard InChI is InChI=1S/C18H17N5O/c1-2-13-22(16-11-7-4-8-12-16)17(24)14-23-20-18(19-21-23)15-9-5-3-6-10-15/h2-12H,1,13-14H2. The van der Waals surface area contributed by atoms with Crippen molar-refractivity contribution in [1.29, 1.82) is 0 Å². The van der Waals surface area contributed by atoms with E-state index in [1.807, 2.05) is 60.7 Å². The molecule has 1 heterocycles. The first-order valence-corrected chi connectivity index (χ1v) is 7.57. The van der Waals surface area contributed by atoms with Gasteiger partial charge in [-0.15, -0.1) is 16.8 Å². The molecule has 6 nitrogen and oxygen atoms in total. The third-order valence-electron chi connectivity index (χ3n) is 3.44. The molecule has 0 aliphatic carbocycles. The molecule has 6 heteroatoms. The Hall–Kier alpha value is -3.28. The topological polar surface area (TPSA) is 63.9 Å². The predicted molar refractivity (Wildman–Crippen MR) is 92.2 cm³/mol. The van der Waals surface area contributed by atoms with Crippen molar-refractivity contribution in [2.24, 2.45) is 0 Å². The largest absolute Gasteiger partial charge is 0.307 e. The molecule has 3 aromatic rings. The Morgan fingerprint density at radius 1 is 1.08 bits per heavy atom. The number of hydrogen-bond donors (Lipinski definition) is 0. The van der Waals surface area contributed by atoms with Gasteiger partial charge >= 0.3 is 0 Å². The van der Waals surface area contributed by atoms with E-state index in [9.17, 15) is 4.79 Å². The van der Waals surface area contributed by atoms with Gasteiger partial charge < -0.3 is 4.90 Å². The van der Waals surface area contributed by atoms with Crippen LogP contribution in [0.5, 0.6) is 0 Å². The molecule has 3 rings (SSSR count). The molecule has 2 aromatic carbocycles. The fraction of sp³-hybridized carbons (Fsp3) is 0.111. The molecule has 0 saturated heterocycles. The number of anilines is 1. The summed E-state index contributed by atoms with van der Waals surface area (Å²) in [6, 6.07) is 19.0. The van der Waals surface area contributed by atoms with Crippen LogP contribution in [0.3, 0.4) is 0 Å². The number of amides is 1. The second-order valence-corrected chi connectivity index (χ2v) is 5.14. The highest BCUT2D eigenvalue weighted by Gasteiger charge is 2.16. The summed E-state index contributed by atoms with van der Waals surface area (Å²) in [5.74, 6) is 0.372. The Balaban J connectivity index is 1.76. The molecular weight excluding hydrogens is 302 g/mol. The van der Waals surface area contributed by atoms with Gasteiger partial charge in [-0.05, 0) is 17.3 Å². The zero-order valence-corrected chi connectivity index (χ0v) is 13.1. The third kappa shape index (κ3) is 3.55. The Bertz CT molecular complexity index is 814. The summed E-state index contributed by atoms with van der Waals surface area (Å²) in [4.78, 5) is 15.5. The van der Waals surface area contributed by atoms with Gasteiger partial charge in [-0.25, -0.2) is 0 Å². The van der Waals surface area contributed by atoms with Crippen LogP contribution in [-0.2, 0) is 11.3 Å². The number of rotatable bonds is 6. The highest BCUT2D eigenvalue weighted by Crippen LogP contribution is 2.15. The monoisotopic (exact) mass is 319 g/mol. The summed E-state index contributed by atoms with van der Waals surface area (Å²) in [7, 11) is 0. The minimum Gasteiger partial charge on any atom is -0.307 e. The highest BCUT2D eigenvalue weighted by atomic mass is 16.2. The molecular formula is C18H17N5O. The average molecular weight is 319 g/mol. The van der Waals surface area contributed by atoms with Crippen molar-refractivity contribution in [3.63, 3.8) is 0 Å². The SMILES string of the molecule is C=CCN(C(=O)Cn1nnc(-c2ccccc2)n1)c1ccccc1. The molecule has 1 aromatic heterocycles. The zero-order chi connectivity index (χ0) is 16.8. The molecule has 24 heavy (non-hydrogen) atoms. The Morgan fingerprint density at radius 3 is 2.42 bits per heavy atom. The van der Waals surface area contributed by atoms with Gasteiger partial charge in [0, 0.05) is 17.8 Å². The number of tetrazole rings is 1. The minimum absolute atomic E-state index is 0.0164. The van der Waals surface area contributed by atoms with Crippen molar-refractivity contribution >= 4 is 11.6 Å². The summed E-state index contributed by atoms with van der Waals surface area (Å²) in [6.07, 6.45) is 1.69. The van der Waals surface area contributed by atoms with Crippen LogP contribution in [-0.4, -0.2) is 32.7 Å². The summed E-state index contributed by atoms with van der Waals surface area (Å²) in [5.41, 5.74) is 1.67. The normalized spacial score (nSPS) is 10.3. The third-order valence-corrected chi connectivity index (χ3v) is 3.44. The summed E-state index contributed by atoms with van der Waals surface area (Å²) in [6.45, 7) is 4.15. The van der Waals surface area contributed by atoms with E-state index in [2.05, 4.69) is 22.0 Å². The molecule has 120 valence electrons. The van der Waals surface area contributed by atoms with Gasteiger partial charge in [-0.1, -0.05) is 54.6 Å². The van der Waals surface area contributed by atoms with Crippen LogP contribution in [0.15, 0.2) is 73.3 Å². The van der Waals surface area contributed by atoms with Crippen molar-refractivity contribution in [2.45, 2.75) is 6.54 Å². The lowest BCUT2D eigenvalue weighted by Gasteiger charge is -2.20. The van der Waals surface area contributed by atoms with Crippen LogP contribution in [0.25, 0.3) is 11.4 Å². The zero-order valence-electron chi connectivity index (χ0n) is 13.1. The van der Waals surface area contributed by atoms with Gasteiger partial charge in [0.15, 0.2) is 0 Å². The fourth-order valence-corrected chi connectivity index (χ4v) is 2.31. The summed E-state index contributed by atoms with van der Waals surface area (Å²) >= 11 is 0. The first kappa shape index (κ1) is 15.6. The van der Waals surface area contributed by atoms with Gasteiger partial charge in [0.25, 0.3) is 5.91 Å². The van der Waals surface area contributed by atoms with E-state index in [1.165, 1.54) is 4.80 Å². The van der Waals surface area contributed by atoms with Gasteiger partial charge in [0.1, 0.15) is 6.54 Å². The Kier molecular flexibility index (Phi) is 4.76. The molecule has 0 atom stereocenters. The lowest BCUT2D eigenvalue weighted by Crippen LogP contribution is -2.34. The minimum atomic E-state index is -0.127. The molecule has 0 fully saturated rings. The van der Waals surface area contributed by atoms with Crippen LogP contribution in [0.4, 0.5) is 5.69 Å². The fourth-order valence-electron chi connectivity index (χ4n) is 2.31. The summed E-state index contributed by atoms with van der Waals surface area (Å²) in [5, 5.41) is 12.3. The van der Waals surface area contributed by atoms with Gasteiger partial charge in [-0.2, -0.15) is 4.80 Å². The average Bonchev–Trinajstić information content (AvgIpc) is 3.09. The number of para-hydroxylation sites is 1. The van der Waals surface area contributed by atoms with Crippen molar-refractivity contribution in [3.8, 4) is 11.4 Å². The van der Waals surface area contributed by atoms with E-state index < -0.39 is 0 Å². The van der Waals surface area contributed by atoms with Crippen LogP contribution in [0, 0.1) is 0 Å². The quantitative estimate of drug-likeness (QED) is 0.655. The smallest absolute Gasteiger partial charge is 0.250 e. The molecule has 0 spiro atoms. The van der Waals surface area contributed by atoms with Gasteiger partial charge in [-0.3, -0.25) is 4.79 Å². The summed E-state index contributed by atoms with van der Waals surface area (Å²) < 4.78 is 0. The van der Waals surface area contributed by atoms with Crippen molar-refractivity contribution in [2.75, 3.05) is 11.4 Å². The number of carbonyl (C=O) groups is 1. The van der Waals surface area contributed by atoms with E-state index in [4.69, 9.17) is 0 Å². The van der Waals surface area contributed by atoms with Crippen molar-refractivity contribution in [1.82, 2.24) is 20.2 Å². The maximum atomic E-state index is 12.6. The van der Waals surface area contributed by atoms with Crippen LogP contribution < -0.4 is 4.90 Å². The number of hydrogen-bond acceptors (Lipinski definition) is 4. The second kappa shape index (κ2) is 7.32.